The van der Waals surface area contributed by atoms with Gasteiger partial charge in [0.05, 0.1) is 11.8 Å². The van der Waals surface area contributed by atoms with Crippen molar-refractivity contribution in [3.63, 3.8) is 0 Å². The Hall–Kier alpha value is -2.54. The molecule has 1 aromatic carbocycles. The zero-order valence-electron chi connectivity index (χ0n) is 16.3. The third-order valence-corrected chi connectivity index (χ3v) is 4.47. The Balaban J connectivity index is 3.34. The molecule has 0 aliphatic carbocycles. The molecule has 154 valence electrons. The van der Waals surface area contributed by atoms with Crippen molar-refractivity contribution >= 4 is 5.91 Å². The number of nitrogens with two attached hydrogens (primary N) is 1. The lowest BCUT2D eigenvalue weighted by atomic mass is 9.95. The summed E-state index contributed by atoms with van der Waals surface area (Å²) < 4.78 is 40.0. The first-order valence-corrected chi connectivity index (χ1v) is 9.02. The quantitative estimate of drug-likeness (QED) is 0.434. The van der Waals surface area contributed by atoms with E-state index >= 15 is 0 Å². The molecule has 1 aromatic rings. The highest BCUT2D eigenvalue weighted by atomic mass is 19.4. The topological polar surface area (TPSA) is 75.3 Å². The van der Waals surface area contributed by atoms with Crippen LogP contribution in [0.3, 0.4) is 0 Å². The van der Waals surface area contributed by atoms with Gasteiger partial charge in [0, 0.05) is 17.2 Å². The van der Waals surface area contributed by atoms with Crippen molar-refractivity contribution in [3.05, 3.63) is 70.6 Å². The molecule has 0 spiro atoms. The molecule has 0 aliphatic rings. The van der Waals surface area contributed by atoms with E-state index in [0.717, 1.165) is 29.4 Å². The van der Waals surface area contributed by atoms with E-state index in [4.69, 9.17) is 10.8 Å². The van der Waals surface area contributed by atoms with Gasteiger partial charge in [0.15, 0.2) is 0 Å². The standard InChI is InChI=1S/C21H27F3N2O2/c1-4-16(9-10-25)19(13-18(6-5-11-27)21(22,23)24)26-20(28)17-8-7-14(2)15(3)12-17/h5-8,11-13,16,27H,4,9-10,25H2,1-3H3,(H,26,28)/b11-5+,18-6+,19-13+. The molecule has 0 aromatic heterocycles. The van der Waals surface area contributed by atoms with Crippen molar-refractivity contribution in [1.82, 2.24) is 5.32 Å². The number of nitrogens with one attached hydrogen (secondary N) is 1. The number of hydrogen-bond donors (Lipinski definition) is 3. The Kier molecular flexibility index (Phi) is 8.99. The lowest BCUT2D eigenvalue weighted by Crippen LogP contribution is -2.29. The molecule has 4 nitrogen and oxygen atoms in total. The number of carbonyl (C=O) groups excluding carboxylic acids is 1. The highest BCUT2D eigenvalue weighted by Gasteiger charge is 2.32. The largest absolute Gasteiger partial charge is 0.516 e. The lowest BCUT2D eigenvalue weighted by Gasteiger charge is -2.21. The predicted molar refractivity (Wildman–Crippen MR) is 105 cm³/mol. The van der Waals surface area contributed by atoms with Crippen molar-refractivity contribution in [3.8, 4) is 0 Å². The van der Waals surface area contributed by atoms with Gasteiger partial charge in [-0.2, -0.15) is 13.2 Å². The number of aliphatic hydroxyl groups is 1. The Labute approximate surface area is 163 Å². The molecule has 0 saturated carbocycles. The van der Waals surface area contributed by atoms with Gasteiger partial charge in [0.2, 0.25) is 0 Å². The van der Waals surface area contributed by atoms with E-state index in [1.165, 1.54) is 0 Å². The normalized spacial score (nSPS) is 14.4. The van der Waals surface area contributed by atoms with Crippen molar-refractivity contribution in [2.45, 2.75) is 39.8 Å². The molecule has 1 amide bonds. The molecule has 0 bridgehead atoms. The summed E-state index contributed by atoms with van der Waals surface area (Å²) in [4.78, 5) is 12.7. The maximum Gasteiger partial charge on any atom is 0.416 e. The van der Waals surface area contributed by atoms with Crippen LogP contribution < -0.4 is 11.1 Å². The van der Waals surface area contributed by atoms with Gasteiger partial charge >= 0.3 is 6.18 Å². The molecule has 0 radical (unpaired) electrons. The maximum absolute atomic E-state index is 13.3. The first kappa shape index (κ1) is 23.5. The number of carbonyl (C=O) groups is 1. The van der Waals surface area contributed by atoms with Crippen LogP contribution in [0.4, 0.5) is 13.2 Å². The molecule has 1 atom stereocenters. The summed E-state index contributed by atoms with van der Waals surface area (Å²) in [5.74, 6) is -0.826. The molecule has 0 aliphatic heterocycles. The minimum Gasteiger partial charge on any atom is -0.516 e. The fourth-order valence-electron chi connectivity index (χ4n) is 2.66. The highest BCUT2D eigenvalue weighted by molar-refractivity contribution is 5.95. The molecule has 7 heteroatoms. The SMILES string of the molecule is CCC(CCN)\C(=C/C(=C\C=C\O)C(F)(F)F)NC(=O)c1ccc(C)c(C)c1. The third-order valence-electron chi connectivity index (χ3n) is 4.47. The average Bonchev–Trinajstić information content (AvgIpc) is 2.63. The number of aryl methyl sites for hydroxylation is 2. The van der Waals surface area contributed by atoms with E-state index in [-0.39, 0.29) is 18.2 Å². The minimum atomic E-state index is -4.64. The lowest BCUT2D eigenvalue weighted by molar-refractivity contribution is -0.0883. The van der Waals surface area contributed by atoms with E-state index in [2.05, 4.69) is 5.32 Å². The molecule has 0 saturated heterocycles. The van der Waals surface area contributed by atoms with Crippen LogP contribution >= 0.6 is 0 Å². The highest BCUT2D eigenvalue weighted by Crippen LogP contribution is 2.29. The van der Waals surface area contributed by atoms with Crippen LogP contribution in [0.5, 0.6) is 0 Å². The summed E-state index contributed by atoms with van der Waals surface area (Å²) in [6.45, 7) is 5.86. The van der Waals surface area contributed by atoms with Crippen LogP contribution in [0.25, 0.3) is 0 Å². The van der Waals surface area contributed by atoms with Gasteiger partial charge in [0.25, 0.3) is 5.91 Å². The number of allylic oxidation sites excluding steroid dienone is 5. The molecule has 1 unspecified atom stereocenters. The van der Waals surface area contributed by atoms with Crippen LogP contribution in [0, 0.1) is 19.8 Å². The summed E-state index contributed by atoms with van der Waals surface area (Å²) in [5, 5.41) is 11.3. The van der Waals surface area contributed by atoms with Gasteiger partial charge in [0.1, 0.15) is 0 Å². The number of alkyl halides is 3. The Morgan fingerprint density at radius 1 is 1.29 bits per heavy atom. The van der Waals surface area contributed by atoms with E-state index < -0.39 is 17.7 Å². The second-order valence-corrected chi connectivity index (χ2v) is 6.50. The van der Waals surface area contributed by atoms with Crippen LogP contribution in [0.1, 0.15) is 41.3 Å². The fraction of sp³-hybridized carbons (Fsp3) is 0.381. The second kappa shape index (κ2) is 10.7. The third kappa shape index (κ3) is 6.88. The smallest absolute Gasteiger partial charge is 0.416 e. The van der Waals surface area contributed by atoms with Gasteiger partial charge in [-0.25, -0.2) is 0 Å². The van der Waals surface area contributed by atoms with E-state index in [1.54, 1.807) is 18.2 Å². The van der Waals surface area contributed by atoms with Gasteiger partial charge in [-0.3, -0.25) is 4.79 Å². The molecule has 1 rings (SSSR count). The van der Waals surface area contributed by atoms with Gasteiger partial charge in [-0.15, -0.1) is 0 Å². The van der Waals surface area contributed by atoms with Gasteiger partial charge in [-0.05, 0) is 74.7 Å². The van der Waals surface area contributed by atoms with Crippen LogP contribution in [0.2, 0.25) is 0 Å². The fourth-order valence-corrected chi connectivity index (χ4v) is 2.66. The van der Waals surface area contributed by atoms with Crippen molar-refractivity contribution in [2.75, 3.05) is 6.54 Å². The number of rotatable bonds is 8. The average molecular weight is 396 g/mol. The number of amides is 1. The van der Waals surface area contributed by atoms with Crippen LogP contribution in [-0.2, 0) is 0 Å². The summed E-state index contributed by atoms with van der Waals surface area (Å²) in [6.07, 6.45) is -0.652. The Bertz CT molecular complexity index is 765. The van der Waals surface area contributed by atoms with Crippen molar-refractivity contribution < 1.29 is 23.1 Å². The summed E-state index contributed by atoms with van der Waals surface area (Å²) in [6, 6.07) is 5.12. The number of aliphatic hydroxyl groups excluding tert-OH is 1. The maximum atomic E-state index is 13.3. The number of benzene rings is 1. The summed E-state index contributed by atoms with van der Waals surface area (Å²) in [5.41, 5.74) is 7.05. The first-order chi connectivity index (χ1) is 13.1. The zero-order valence-corrected chi connectivity index (χ0v) is 16.3. The zero-order chi connectivity index (χ0) is 21.3. The van der Waals surface area contributed by atoms with E-state index in [1.807, 2.05) is 20.8 Å². The molecule has 0 fully saturated rings. The molecule has 4 N–H and O–H groups in total. The molecular formula is C21H27F3N2O2. The molecule has 0 heterocycles. The number of halogens is 3. The van der Waals surface area contributed by atoms with Crippen LogP contribution in [-0.4, -0.2) is 23.7 Å². The Morgan fingerprint density at radius 3 is 2.46 bits per heavy atom. The predicted octanol–water partition coefficient (Wildman–Crippen LogP) is 4.85. The monoisotopic (exact) mass is 396 g/mol. The Morgan fingerprint density at radius 2 is 1.96 bits per heavy atom. The van der Waals surface area contributed by atoms with E-state index in [9.17, 15) is 18.0 Å². The summed E-state index contributed by atoms with van der Waals surface area (Å²) in [7, 11) is 0. The van der Waals surface area contributed by atoms with Crippen LogP contribution in [0.15, 0.2) is 54.0 Å². The number of hydrogen-bond acceptors (Lipinski definition) is 3. The second-order valence-electron chi connectivity index (χ2n) is 6.50. The first-order valence-electron chi connectivity index (χ1n) is 9.02. The van der Waals surface area contributed by atoms with Gasteiger partial charge < -0.3 is 16.2 Å². The van der Waals surface area contributed by atoms with Crippen molar-refractivity contribution in [1.29, 1.82) is 0 Å². The van der Waals surface area contributed by atoms with Crippen molar-refractivity contribution in [2.24, 2.45) is 11.7 Å². The molecular weight excluding hydrogens is 369 g/mol. The minimum absolute atomic E-state index is 0.145. The molecule has 28 heavy (non-hydrogen) atoms. The summed E-state index contributed by atoms with van der Waals surface area (Å²) >= 11 is 0. The van der Waals surface area contributed by atoms with Gasteiger partial charge in [-0.1, -0.05) is 13.0 Å². The van der Waals surface area contributed by atoms with E-state index in [0.29, 0.717) is 24.7 Å².